The summed E-state index contributed by atoms with van der Waals surface area (Å²) in [6, 6.07) is 13.7. The molecule has 2 rings (SSSR count). The molecule has 0 N–H and O–H groups in total. The first-order valence-corrected chi connectivity index (χ1v) is 5.76. The van der Waals surface area contributed by atoms with Crippen LogP contribution in [0.3, 0.4) is 0 Å². The fraction of sp³-hybridized carbons (Fsp3) is 0.200. The van der Waals surface area contributed by atoms with Crippen molar-refractivity contribution in [3.8, 4) is 0 Å². The Morgan fingerprint density at radius 3 is 2.56 bits per heavy atom. The lowest BCUT2D eigenvalue weighted by Gasteiger charge is -2.05. The number of carbonyl (C=O) groups is 2. The largest absolute Gasteiger partial charge is 0.469 e. The van der Waals surface area contributed by atoms with Gasteiger partial charge in [-0.2, -0.15) is 0 Å². The van der Waals surface area contributed by atoms with Gasteiger partial charge < -0.3 is 4.74 Å². The van der Waals surface area contributed by atoms with Crippen molar-refractivity contribution in [2.24, 2.45) is 0 Å². The Bertz CT molecular complexity index is 582. The van der Waals surface area contributed by atoms with E-state index in [4.69, 9.17) is 0 Å². The van der Waals surface area contributed by atoms with Crippen molar-refractivity contribution in [1.29, 1.82) is 0 Å². The van der Waals surface area contributed by atoms with Crippen molar-refractivity contribution >= 4 is 22.5 Å². The third kappa shape index (κ3) is 2.74. The van der Waals surface area contributed by atoms with E-state index in [1.54, 1.807) is 0 Å². The van der Waals surface area contributed by atoms with E-state index in [1.165, 1.54) is 7.11 Å². The lowest BCUT2D eigenvalue weighted by molar-refractivity contribution is -0.143. The maximum absolute atomic E-state index is 11.7. The zero-order valence-electron chi connectivity index (χ0n) is 10.2. The number of esters is 1. The van der Waals surface area contributed by atoms with Crippen molar-refractivity contribution in [2.45, 2.75) is 12.8 Å². The molecule has 92 valence electrons. The summed E-state index contributed by atoms with van der Waals surface area (Å²) in [7, 11) is 1.29. The summed E-state index contributed by atoms with van der Waals surface area (Å²) in [6.45, 7) is 0. The van der Waals surface area contributed by atoms with Gasteiger partial charge in [-0.3, -0.25) is 9.59 Å². The normalized spacial score (nSPS) is 10.3. The number of fused-ring (bicyclic) bond motifs is 1. The Labute approximate surface area is 105 Å². The molecule has 0 saturated heterocycles. The van der Waals surface area contributed by atoms with Gasteiger partial charge in [0.2, 0.25) is 0 Å². The molecule has 0 unspecified atom stereocenters. The fourth-order valence-corrected chi connectivity index (χ4v) is 1.95. The van der Waals surface area contributed by atoms with Crippen LogP contribution in [0, 0.1) is 0 Å². The minimum atomic E-state index is -0.486. The highest BCUT2D eigenvalue weighted by Crippen LogP contribution is 2.19. The van der Waals surface area contributed by atoms with Crippen LogP contribution in [0.25, 0.3) is 10.8 Å². The monoisotopic (exact) mass is 242 g/mol. The van der Waals surface area contributed by atoms with E-state index in [9.17, 15) is 9.59 Å². The van der Waals surface area contributed by atoms with E-state index in [0.29, 0.717) is 0 Å². The second-order valence-electron chi connectivity index (χ2n) is 4.11. The Morgan fingerprint density at radius 1 is 1.06 bits per heavy atom. The van der Waals surface area contributed by atoms with Crippen LogP contribution in [0.1, 0.15) is 12.0 Å². The highest BCUT2D eigenvalue weighted by molar-refractivity contribution is 5.98. The first-order chi connectivity index (χ1) is 8.70. The molecule has 3 nitrogen and oxygen atoms in total. The quantitative estimate of drug-likeness (QED) is 0.611. The SMILES string of the molecule is COC(=O)CC(=O)Cc1cccc2ccccc12. The molecule has 2 aromatic rings. The highest BCUT2D eigenvalue weighted by atomic mass is 16.5. The molecule has 2 aromatic carbocycles. The zero-order chi connectivity index (χ0) is 13.0. The number of benzene rings is 2. The Balaban J connectivity index is 2.21. The van der Waals surface area contributed by atoms with E-state index < -0.39 is 5.97 Å². The van der Waals surface area contributed by atoms with Crippen LogP contribution in [0.5, 0.6) is 0 Å². The molecule has 0 atom stereocenters. The first-order valence-electron chi connectivity index (χ1n) is 5.76. The second kappa shape index (κ2) is 5.45. The topological polar surface area (TPSA) is 43.4 Å². The number of hydrogen-bond acceptors (Lipinski definition) is 3. The number of methoxy groups -OCH3 is 1. The van der Waals surface area contributed by atoms with Crippen molar-refractivity contribution in [2.75, 3.05) is 7.11 Å². The van der Waals surface area contributed by atoms with Crippen LogP contribution in [0.15, 0.2) is 42.5 Å². The maximum Gasteiger partial charge on any atom is 0.313 e. The lowest BCUT2D eigenvalue weighted by Crippen LogP contribution is -2.11. The van der Waals surface area contributed by atoms with Gasteiger partial charge in [0.15, 0.2) is 0 Å². The number of carbonyl (C=O) groups excluding carboxylic acids is 2. The fourth-order valence-electron chi connectivity index (χ4n) is 1.95. The predicted molar refractivity (Wildman–Crippen MR) is 69.3 cm³/mol. The van der Waals surface area contributed by atoms with E-state index >= 15 is 0 Å². The molecule has 3 heteroatoms. The Hall–Kier alpha value is -2.16. The molecule has 0 fully saturated rings. The number of hydrogen-bond donors (Lipinski definition) is 0. The Kier molecular flexibility index (Phi) is 3.72. The first kappa shape index (κ1) is 12.3. The summed E-state index contributed by atoms with van der Waals surface area (Å²) in [5, 5.41) is 2.15. The van der Waals surface area contributed by atoms with Crippen molar-refractivity contribution in [1.82, 2.24) is 0 Å². The summed E-state index contributed by atoms with van der Waals surface area (Å²) in [5.41, 5.74) is 0.946. The molecule has 0 bridgehead atoms. The van der Waals surface area contributed by atoms with Crippen molar-refractivity contribution in [3.63, 3.8) is 0 Å². The average molecular weight is 242 g/mol. The number of ether oxygens (including phenoxy) is 1. The minimum absolute atomic E-state index is 0.127. The molecule has 0 amide bonds. The number of ketones is 1. The summed E-state index contributed by atoms with van der Waals surface area (Å²) >= 11 is 0. The third-order valence-corrected chi connectivity index (χ3v) is 2.84. The van der Waals surface area contributed by atoms with Crippen LogP contribution in [-0.4, -0.2) is 18.9 Å². The molecule has 0 aliphatic carbocycles. The van der Waals surface area contributed by atoms with Crippen LogP contribution in [0.2, 0.25) is 0 Å². The molecular weight excluding hydrogens is 228 g/mol. The summed E-state index contributed by atoms with van der Waals surface area (Å²) < 4.78 is 4.49. The van der Waals surface area contributed by atoms with Gasteiger partial charge in [-0.05, 0) is 16.3 Å². The van der Waals surface area contributed by atoms with Crippen molar-refractivity contribution in [3.05, 3.63) is 48.0 Å². The highest BCUT2D eigenvalue weighted by Gasteiger charge is 2.11. The molecule has 0 aliphatic rings. The zero-order valence-corrected chi connectivity index (χ0v) is 10.2. The van der Waals surface area contributed by atoms with Crippen LogP contribution in [0.4, 0.5) is 0 Å². The van der Waals surface area contributed by atoms with Gasteiger partial charge in [0.05, 0.1) is 7.11 Å². The van der Waals surface area contributed by atoms with Crippen LogP contribution >= 0.6 is 0 Å². The molecule has 0 aromatic heterocycles. The van der Waals surface area contributed by atoms with Gasteiger partial charge in [-0.25, -0.2) is 0 Å². The van der Waals surface area contributed by atoms with Gasteiger partial charge in [0.1, 0.15) is 12.2 Å². The molecule has 0 heterocycles. The van der Waals surface area contributed by atoms with Crippen LogP contribution in [-0.2, 0) is 20.7 Å². The van der Waals surface area contributed by atoms with E-state index in [1.807, 2.05) is 42.5 Å². The smallest absolute Gasteiger partial charge is 0.313 e. The number of rotatable bonds is 4. The van der Waals surface area contributed by atoms with Crippen molar-refractivity contribution < 1.29 is 14.3 Å². The van der Waals surface area contributed by atoms with Gasteiger partial charge in [0, 0.05) is 6.42 Å². The second-order valence-corrected chi connectivity index (χ2v) is 4.11. The molecule has 0 radical (unpaired) electrons. The maximum atomic E-state index is 11.7. The Morgan fingerprint density at radius 2 is 1.78 bits per heavy atom. The molecular formula is C15H14O3. The molecule has 0 saturated carbocycles. The standard InChI is InChI=1S/C15H14O3/c1-18-15(17)10-13(16)9-12-7-4-6-11-5-2-3-8-14(11)12/h2-8H,9-10H2,1H3. The minimum Gasteiger partial charge on any atom is -0.469 e. The van der Waals surface area contributed by atoms with Gasteiger partial charge in [-0.15, -0.1) is 0 Å². The number of Topliss-reactive ketones (excluding diaryl/α,β-unsaturated/α-hetero) is 1. The lowest BCUT2D eigenvalue weighted by atomic mass is 10.00. The van der Waals surface area contributed by atoms with E-state index in [0.717, 1.165) is 16.3 Å². The third-order valence-electron chi connectivity index (χ3n) is 2.84. The molecule has 0 spiro atoms. The van der Waals surface area contributed by atoms with E-state index in [2.05, 4.69) is 4.74 Å². The molecule has 18 heavy (non-hydrogen) atoms. The van der Waals surface area contributed by atoms with Gasteiger partial charge in [-0.1, -0.05) is 42.5 Å². The summed E-state index contributed by atoms with van der Waals surface area (Å²) in [6.07, 6.45) is 0.0934. The molecule has 0 aliphatic heterocycles. The summed E-state index contributed by atoms with van der Waals surface area (Å²) in [5.74, 6) is -0.613. The van der Waals surface area contributed by atoms with Gasteiger partial charge >= 0.3 is 5.97 Å². The van der Waals surface area contributed by atoms with Gasteiger partial charge in [0.25, 0.3) is 0 Å². The van der Waals surface area contributed by atoms with E-state index in [-0.39, 0.29) is 18.6 Å². The summed E-state index contributed by atoms with van der Waals surface area (Å²) in [4.78, 5) is 22.8. The average Bonchev–Trinajstić information content (AvgIpc) is 2.39. The predicted octanol–water partition coefficient (Wildman–Crippen LogP) is 2.51. The van der Waals surface area contributed by atoms with Crippen LogP contribution < -0.4 is 0 Å².